The summed E-state index contributed by atoms with van der Waals surface area (Å²) in [6.45, 7) is 1.61. The van der Waals surface area contributed by atoms with E-state index in [1.165, 1.54) is 12.1 Å². The van der Waals surface area contributed by atoms with Gasteiger partial charge in [0, 0.05) is 30.6 Å². The molecule has 0 bridgehead atoms. The molecule has 2 aromatic carbocycles. The average molecular weight is 445 g/mol. The van der Waals surface area contributed by atoms with Crippen LogP contribution in [0.5, 0.6) is 0 Å². The maximum Gasteiger partial charge on any atom is 0.254 e. The fraction of sp³-hybridized carbons (Fsp3) is 0.160. The number of rotatable bonds is 6. The maximum absolute atomic E-state index is 15.0. The van der Waals surface area contributed by atoms with Crippen molar-refractivity contribution in [3.05, 3.63) is 89.5 Å². The molecule has 33 heavy (non-hydrogen) atoms. The summed E-state index contributed by atoms with van der Waals surface area (Å²) in [6.07, 6.45) is 3.31. The number of nitrogen functional groups attached to an aromatic ring is 1. The number of halogens is 1. The number of aromatic nitrogens is 3. The van der Waals surface area contributed by atoms with Gasteiger partial charge in [-0.2, -0.15) is 5.10 Å². The van der Waals surface area contributed by atoms with Crippen molar-refractivity contribution < 1.29 is 14.3 Å². The monoisotopic (exact) mass is 445 g/mol. The summed E-state index contributed by atoms with van der Waals surface area (Å²) in [5.41, 5.74) is 10.3. The first-order chi connectivity index (χ1) is 15.9. The molecule has 0 saturated heterocycles. The molecule has 4 N–H and O–H groups in total. The molecule has 1 amide bonds. The smallest absolute Gasteiger partial charge is 0.254 e. The summed E-state index contributed by atoms with van der Waals surface area (Å²) in [5, 5.41) is 16.6. The molecule has 0 unspecified atom stereocenters. The first-order valence-corrected chi connectivity index (χ1v) is 10.4. The van der Waals surface area contributed by atoms with Gasteiger partial charge in [0.25, 0.3) is 5.91 Å². The molecule has 0 spiro atoms. The number of aliphatic hydroxyl groups excluding tert-OH is 1. The lowest BCUT2D eigenvalue weighted by atomic mass is 10.0. The second-order valence-corrected chi connectivity index (χ2v) is 7.81. The molecular formula is C25H24FN5O2. The molecule has 168 valence electrons. The van der Waals surface area contributed by atoms with Gasteiger partial charge >= 0.3 is 0 Å². The van der Waals surface area contributed by atoms with Crippen LogP contribution in [-0.2, 0) is 7.05 Å². The Hall–Kier alpha value is -4.04. The van der Waals surface area contributed by atoms with E-state index in [1.54, 1.807) is 29.2 Å². The molecule has 1 atom stereocenters. The standard InChI is InChI=1S/C25H24FN5O2/c1-15-4-3-5-17(10-15)22(14-32)30-25(33)19-7-6-16(12-21(19)26)20-11-18(13-28-24(20)27)23-8-9-29-31(23)2/h3-13,22,32H,14H2,1-2H3,(H2,27,28)(H,30,33)/t22-/m1/s1. The average Bonchev–Trinajstić information content (AvgIpc) is 3.23. The van der Waals surface area contributed by atoms with Gasteiger partial charge in [-0.25, -0.2) is 9.37 Å². The number of nitrogens with zero attached hydrogens (tertiary/aromatic N) is 3. The molecule has 0 aliphatic rings. The zero-order chi connectivity index (χ0) is 23.5. The fourth-order valence-corrected chi connectivity index (χ4v) is 3.73. The van der Waals surface area contributed by atoms with Crippen LogP contribution in [-0.4, -0.2) is 32.4 Å². The van der Waals surface area contributed by atoms with E-state index in [0.29, 0.717) is 11.1 Å². The number of anilines is 1. The van der Waals surface area contributed by atoms with Gasteiger partial charge in [-0.1, -0.05) is 35.9 Å². The highest BCUT2D eigenvalue weighted by Gasteiger charge is 2.19. The lowest BCUT2D eigenvalue weighted by Crippen LogP contribution is -2.31. The first kappa shape index (κ1) is 22.2. The Morgan fingerprint density at radius 2 is 2.00 bits per heavy atom. The fourth-order valence-electron chi connectivity index (χ4n) is 3.73. The first-order valence-electron chi connectivity index (χ1n) is 10.4. The van der Waals surface area contributed by atoms with Crippen molar-refractivity contribution in [2.45, 2.75) is 13.0 Å². The number of hydrogen-bond donors (Lipinski definition) is 3. The van der Waals surface area contributed by atoms with Crippen LogP contribution in [0.4, 0.5) is 10.2 Å². The third-order valence-electron chi connectivity index (χ3n) is 5.49. The zero-order valence-electron chi connectivity index (χ0n) is 18.3. The number of hydrogen-bond acceptors (Lipinski definition) is 5. The SMILES string of the molecule is Cc1cccc([C@@H](CO)NC(=O)c2ccc(-c3cc(-c4ccnn4C)cnc3N)cc2F)c1. The minimum Gasteiger partial charge on any atom is -0.394 e. The van der Waals surface area contributed by atoms with Gasteiger partial charge < -0.3 is 16.2 Å². The number of nitrogens with two attached hydrogens (primary N) is 1. The third-order valence-corrected chi connectivity index (χ3v) is 5.49. The minimum absolute atomic E-state index is 0.126. The Morgan fingerprint density at radius 3 is 2.67 bits per heavy atom. The molecule has 2 heterocycles. The molecule has 0 aliphatic heterocycles. The molecule has 0 aliphatic carbocycles. The van der Waals surface area contributed by atoms with Crippen LogP contribution in [0.2, 0.25) is 0 Å². The van der Waals surface area contributed by atoms with Crippen LogP contribution in [0.25, 0.3) is 22.4 Å². The van der Waals surface area contributed by atoms with Crippen molar-refractivity contribution in [1.82, 2.24) is 20.1 Å². The number of benzene rings is 2. The number of carbonyl (C=O) groups excluding carboxylic acids is 1. The summed E-state index contributed by atoms with van der Waals surface area (Å²) in [7, 11) is 1.81. The van der Waals surface area contributed by atoms with E-state index in [0.717, 1.165) is 22.4 Å². The van der Waals surface area contributed by atoms with Gasteiger partial charge in [-0.05, 0) is 42.3 Å². The van der Waals surface area contributed by atoms with Gasteiger partial charge in [0.2, 0.25) is 0 Å². The van der Waals surface area contributed by atoms with E-state index in [4.69, 9.17) is 5.73 Å². The molecule has 0 saturated carbocycles. The molecule has 0 fully saturated rings. The van der Waals surface area contributed by atoms with E-state index in [1.807, 2.05) is 44.3 Å². The lowest BCUT2D eigenvalue weighted by Gasteiger charge is -2.18. The van der Waals surface area contributed by atoms with Crippen molar-refractivity contribution in [2.75, 3.05) is 12.3 Å². The highest BCUT2D eigenvalue weighted by atomic mass is 19.1. The summed E-state index contributed by atoms with van der Waals surface area (Å²) in [5.74, 6) is -1.07. The second kappa shape index (κ2) is 9.22. The molecule has 4 rings (SSSR count). The maximum atomic E-state index is 15.0. The minimum atomic E-state index is -0.698. The van der Waals surface area contributed by atoms with Crippen LogP contribution < -0.4 is 11.1 Å². The Kier molecular flexibility index (Phi) is 6.19. The quantitative estimate of drug-likeness (QED) is 0.420. The van der Waals surface area contributed by atoms with Crippen LogP contribution >= 0.6 is 0 Å². The molecule has 0 radical (unpaired) electrons. The normalized spacial score (nSPS) is 11.9. The Balaban J connectivity index is 1.61. The number of aryl methyl sites for hydroxylation is 2. The number of carbonyl (C=O) groups is 1. The van der Waals surface area contributed by atoms with Crippen LogP contribution in [0.3, 0.4) is 0 Å². The summed E-state index contributed by atoms with van der Waals surface area (Å²) >= 11 is 0. The van der Waals surface area contributed by atoms with Gasteiger partial charge in [0.1, 0.15) is 11.6 Å². The predicted molar refractivity (Wildman–Crippen MR) is 125 cm³/mol. The Bertz CT molecular complexity index is 1320. The highest BCUT2D eigenvalue weighted by Crippen LogP contribution is 2.30. The summed E-state index contributed by atoms with van der Waals surface area (Å²) in [4.78, 5) is 17.0. The predicted octanol–water partition coefficient (Wildman–Crippen LogP) is 3.64. The van der Waals surface area contributed by atoms with E-state index in [9.17, 15) is 14.3 Å². The summed E-state index contributed by atoms with van der Waals surface area (Å²) in [6, 6.07) is 14.7. The van der Waals surface area contributed by atoms with E-state index < -0.39 is 17.8 Å². The summed E-state index contributed by atoms with van der Waals surface area (Å²) < 4.78 is 16.7. The van der Waals surface area contributed by atoms with Crippen LogP contribution in [0.15, 0.2) is 67.0 Å². The van der Waals surface area contributed by atoms with Gasteiger partial charge in [-0.3, -0.25) is 9.48 Å². The molecular weight excluding hydrogens is 421 g/mol. The number of aliphatic hydroxyl groups is 1. The number of nitrogens with one attached hydrogen (secondary N) is 1. The Labute approximate surface area is 190 Å². The number of pyridine rings is 1. The topological polar surface area (TPSA) is 106 Å². The Morgan fingerprint density at radius 1 is 1.18 bits per heavy atom. The molecule has 4 aromatic rings. The molecule has 8 heteroatoms. The highest BCUT2D eigenvalue weighted by molar-refractivity contribution is 5.95. The number of amides is 1. The third kappa shape index (κ3) is 4.61. The van der Waals surface area contributed by atoms with Crippen molar-refractivity contribution >= 4 is 11.7 Å². The zero-order valence-corrected chi connectivity index (χ0v) is 18.3. The van der Waals surface area contributed by atoms with Crippen molar-refractivity contribution in [2.24, 2.45) is 7.05 Å². The van der Waals surface area contributed by atoms with Crippen LogP contribution in [0, 0.1) is 12.7 Å². The van der Waals surface area contributed by atoms with Crippen LogP contribution in [0.1, 0.15) is 27.5 Å². The van der Waals surface area contributed by atoms with E-state index >= 15 is 0 Å². The van der Waals surface area contributed by atoms with Gasteiger partial charge in [0.15, 0.2) is 0 Å². The molecule has 7 nitrogen and oxygen atoms in total. The molecule has 2 aromatic heterocycles. The lowest BCUT2D eigenvalue weighted by molar-refractivity contribution is 0.0912. The van der Waals surface area contributed by atoms with Gasteiger partial charge in [0.05, 0.1) is 23.9 Å². The van der Waals surface area contributed by atoms with Crippen molar-refractivity contribution in [3.8, 4) is 22.4 Å². The van der Waals surface area contributed by atoms with E-state index in [-0.39, 0.29) is 18.0 Å². The van der Waals surface area contributed by atoms with Gasteiger partial charge in [-0.15, -0.1) is 0 Å². The second-order valence-electron chi connectivity index (χ2n) is 7.81. The van der Waals surface area contributed by atoms with Crippen molar-refractivity contribution in [3.63, 3.8) is 0 Å². The van der Waals surface area contributed by atoms with Crippen molar-refractivity contribution in [1.29, 1.82) is 0 Å². The largest absolute Gasteiger partial charge is 0.394 e. The van der Waals surface area contributed by atoms with E-state index in [2.05, 4.69) is 15.4 Å².